The molecule has 0 fully saturated rings. The Balaban J connectivity index is 0. The fraction of sp³-hybridized carbons (Fsp3) is 0. The summed E-state index contributed by atoms with van der Waals surface area (Å²) in [4.78, 5) is 0. The first kappa shape index (κ1) is 136. The molecule has 0 unspecified atom stereocenters. The molecule has 38 valence electrons. The molecule has 0 saturated carbocycles. The number of rotatable bonds is 0. The van der Waals surface area contributed by atoms with Gasteiger partial charge in [-0.1, -0.05) is 0 Å². The largest absolute Gasteiger partial charge is 1.00 e. The second-order valence-electron chi connectivity index (χ2n) is 0. The van der Waals surface area contributed by atoms with Crippen LogP contribution in [0, 0.1) is 0 Å². The van der Waals surface area contributed by atoms with Crippen molar-refractivity contribution in [2.45, 2.75) is 0 Å². The molecule has 0 spiro atoms. The number of hydrogen-bond donors (Lipinski definition) is 0. The molecule has 0 aromatic heterocycles. The van der Waals surface area contributed by atoms with Crippen LogP contribution in [-0.4, -0.2) is 16.4 Å². The summed E-state index contributed by atoms with van der Waals surface area (Å²) in [6.45, 7) is 0. The molecule has 3 nitrogen and oxygen atoms in total. The van der Waals surface area contributed by atoms with Crippen LogP contribution in [0.2, 0.25) is 0 Å². The summed E-state index contributed by atoms with van der Waals surface area (Å²) in [5.41, 5.74) is 0. The topological polar surface area (TPSA) is 94.5 Å². The van der Waals surface area contributed by atoms with Gasteiger partial charge in [0, 0.05) is 34.7 Å². The van der Waals surface area contributed by atoms with Crippen molar-refractivity contribution in [2.24, 2.45) is 0 Å². The molecule has 6 heavy (non-hydrogen) atoms. The summed E-state index contributed by atoms with van der Waals surface area (Å²) in [6, 6.07) is 0. The van der Waals surface area contributed by atoms with Crippen molar-refractivity contribution in [2.75, 3.05) is 0 Å². The average molecular weight is 166 g/mol. The van der Waals surface area contributed by atoms with E-state index in [1.54, 1.807) is 0 Å². The molecule has 0 aromatic carbocycles. The van der Waals surface area contributed by atoms with E-state index in [-0.39, 0.29) is 71.4 Å². The molecular weight excluding hydrogens is 159 g/mol. The van der Waals surface area contributed by atoms with Gasteiger partial charge in [0.1, 0.15) is 0 Å². The van der Waals surface area contributed by atoms with E-state index in [2.05, 4.69) is 0 Å². The maximum absolute atomic E-state index is 0. The zero-order valence-corrected chi connectivity index (χ0v) is 5.87. The van der Waals surface area contributed by atoms with Crippen molar-refractivity contribution in [1.29, 1.82) is 0 Å². The Bertz CT molecular complexity index is 12.9. The first-order valence-electron chi connectivity index (χ1n) is 0. The van der Waals surface area contributed by atoms with Gasteiger partial charge in [-0.2, -0.15) is 0 Å². The van der Waals surface area contributed by atoms with Gasteiger partial charge in [0.2, 0.25) is 0 Å². The summed E-state index contributed by atoms with van der Waals surface area (Å²) in [7, 11) is 0. The first-order valence-corrected chi connectivity index (χ1v) is 0. The van der Waals surface area contributed by atoms with E-state index in [9.17, 15) is 0 Å². The van der Waals surface area contributed by atoms with E-state index in [1.165, 1.54) is 0 Å². The molecule has 0 atom stereocenters. The van der Waals surface area contributed by atoms with Gasteiger partial charge >= 0.3 is 18.9 Å². The summed E-state index contributed by atoms with van der Waals surface area (Å²) >= 11 is 0. The Labute approximate surface area is 71.3 Å². The standard InChI is InChI=1S/2Cr.Li.3H2O.H/h;;;3*1H2;/q;;+1;;;;-1. The smallest absolute Gasteiger partial charge is 1.00 e. The Kier molecular flexibility index (Phi) is 1910. The van der Waals surface area contributed by atoms with Gasteiger partial charge in [0.15, 0.2) is 0 Å². The predicted octanol–water partition coefficient (Wildman–Crippen LogP) is -5.36. The van der Waals surface area contributed by atoms with Crippen molar-refractivity contribution >= 4 is 0 Å². The van der Waals surface area contributed by atoms with Gasteiger partial charge in [0.25, 0.3) is 0 Å². The van der Waals surface area contributed by atoms with Gasteiger partial charge in [-0.3, -0.25) is 0 Å². The molecule has 0 heterocycles. The van der Waals surface area contributed by atoms with Crippen LogP contribution in [0.25, 0.3) is 0 Å². The van der Waals surface area contributed by atoms with Gasteiger partial charge in [-0.05, 0) is 0 Å². The van der Waals surface area contributed by atoms with E-state index in [4.69, 9.17) is 0 Å². The third kappa shape index (κ3) is 48.1. The molecule has 6 heteroatoms. The average Bonchev–Trinajstić information content (AvgIpc) is 0. The predicted molar refractivity (Wildman–Crippen MR) is 12.0 cm³/mol. The van der Waals surface area contributed by atoms with Crippen LogP contribution < -0.4 is 18.9 Å². The van der Waals surface area contributed by atoms with Gasteiger partial charge in [0.05, 0.1) is 0 Å². The van der Waals surface area contributed by atoms with E-state index in [1.807, 2.05) is 0 Å². The monoisotopic (exact) mass is 166 g/mol. The summed E-state index contributed by atoms with van der Waals surface area (Å²) in [6.07, 6.45) is 0. The third-order valence-electron chi connectivity index (χ3n) is 0. The van der Waals surface area contributed by atoms with Gasteiger partial charge < -0.3 is 17.9 Å². The quantitative estimate of drug-likeness (QED) is 0.321. The number of hydrogen-bond acceptors (Lipinski definition) is 0. The molecule has 0 aliphatic carbocycles. The molecule has 0 saturated heterocycles. The van der Waals surface area contributed by atoms with Crippen molar-refractivity contribution in [3.8, 4) is 0 Å². The first-order chi connectivity index (χ1) is 0. The summed E-state index contributed by atoms with van der Waals surface area (Å²) in [5.74, 6) is 0. The second-order valence-corrected chi connectivity index (χ2v) is 0. The Morgan fingerprint density at radius 3 is 0.667 bits per heavy atom. The summed E-state index contributed by atoms with van der Waals surface area (Å²) < 4.78 is 0. The molecular formula is H7Cr2LiO3. The molecule has 0 rings (SSSR count). The molecule has 0 bridgehead atoms. The van der Waals surface area contributed by atoms with Crippen LogP contribution in [-0.2, 0) is 34.7 Å². The van der Waals surface area contributed by atoms with Crippen molar-refractivity contribution in [3.63, 3.8) is 0 Å². The molecule has 0 aliphatic heterocycles. The van der Waals surface area contributed by atoms with E-state index >= 15 is 0 Å². The zero-order valence-electron chi connectivity index (χ0n) is 4.32. The van der Waals surface area contributed by atoms with Crippen LogP contribution in [0.1, 0.15) is 1.43 Å². The maximum Gasteiger partial charge on any atom is 1.00 e. The minimum atomic E-state index is 0. The van der Waals surface area contributed by atoms with Crippen molar-refractivity contribution in [1.82, 2.24) is 0 Å². The van der Waals surface area contributed by atoms with E-state index < -0.39 is 0 Å². The normalized spacial score (nSPS) is 0. The molecule has 0 radical (unpaired) electrons. The van der Waals surface area contributed by atoms with Crippen LogP contribution in [0.5, 0.6) is 0 Å². The van der Waals surface area contributed by atoms with Crippen LogP contribution in [0.3, 0.4) is 0 Å². The van der Waals surface area contributed by atoms with Crippen LogP contribution in [0.4, 0.5) is 0 Å². The fourth-order valence-electron chi connectivity index (χ4n) is 0. The minimum Gasteiger partial charge on any atom is -1.00 e. The molecule has 6 N–H and O–H groups in total. The van der Waals surface area contributed by atoms with Gasteiger partial charge in [-0.15, -0.1) is 0 Å². The van der Waals surface area contributed by atoms with Crippen LogP contribution >= 0.6 is 0 Å². The van der Waals surface area contributed by atoms with E-state index in [0.717, 1.165) is 0 Å². The Morgan fingerprint density at radius 2 is 0.667 bits per heavy atom. The van der Waals surface area contributed by atoms with Crippen molar-refractivity contribution in [3.05, 3.63) is 0 Å². The van der Waals surface area contributed by atoms with E-state index in [0.29, 0.717) is 0 Å². The SMILES string of the molecule is O.O.O.[Cr].[Cr].[H-].[Li+]. The van der Waals surface area contributed by atoms with Gasteiger partial charge in [-0.25, -0.2) is 0 Å². The van der Waals surface area contributed by atoms with Crippen LogP contribution in [0.15, 0.2) is 0 Å². The summed E-state index contributed by atoms with van der Waals surface area (Å²) in [5, 5.41) is 0. The minimum absolute atomic E-state index is 0. The Morgan fingerprint density at radius 1 is 0.667 bits per heavy atom. The third-order valence-corrected chi connectivity index (χ3v) is 0. The Hall–Kier alpha value is 1.54. The fourth-order valence-corrected chi connectivity index (χ4v) is 0. The maximum atomic E-state index is 0. The molecule has 0 amide bonds. The zero-order chi connectivity index (χ0) is 0. The second kappa shape index (κ2) is 84.5. The van der Waals surface area contributed by atoms with Crippen molar-refractivity contribution < 1.29 is 71.4 Å². The molecule has 0 aromatic rings. The molecule has 0 aliphatic rings.